The van der Waals surface area contributed by atoms with Gasteiger partial charge in [-0.2, -0.15) is 10.1 Å². The van der Waals surface area contributed by atoms with Crippen molar-refractivity contribution in [3.8, 4) is 5.95 Å². The molecule has 0 fully saturated rings. The lowest BCUT2D eigenvalue weighted by molar-refractivity contribution is 0.657. The second-order valence-corrected chi connectivity index (χ2v) is 6.36. The van der Waals surface area contributed by atoms with E-state index in [2.05, 4.69) is 10.1 Å². The van der Waals surface area contributed by atoms with Crippen LogP contribution in [0.5, 0.6) is 0 Å². The maximum absolute atomic E-state index is 13.0. The van der Waals surface area contributed by atoms with E-state index in [4.69, 9.17) is 0 Å². The van der Waals surface area contributed by atoms with Crippen LogP contribution in [0.25, 0.3) is 17.1 Å². The molecule has 0 atom stereocenters. The third-order valence-corrected chi connectivity index (χ3v) is 4.89. The van der Waals surface area contributed by atoms with Crippen molar-refractivity contribution in [3.63, 3.8) is 0 Å². The Balaban J connectivity index is 2.43. The maximum Gasteiger partial charge on any atom is 0.332 e. The van der Waals surface area contributed by atoms with E-state index in [0.717, 1.165) is 17.0 Å². The van der Waals surface area contributed by atoms with Gasteiger partial charge < -0.3 is 4.57 Å². The lowest BCUT2D eigenvalue weighted by Gasteiger charge is -2.08. The Morgan fingerprint density at radius 3 is 2.35 bits per heavy atom. The van der Waals surface area contributed by atoms with Crippen molar-refractivity contribution >= 4 is 11.2 Å². The molecule has 0 bridgehead atoms. The van der Waals surface area contributed by atoms with Crippen molar-refractivity contribution in [2.45, 2.75) is 47.7 Å². The summed E-state index contributed by atoms with van der Waals surface area (Å²) in [5, 5.41) is 4.56. The summed E-state index contributed by atoms with van der Waals surface area (Å²) in [7, 11) is 1.64. The van der Waals surface area contributed by atoms with Gasteiger partial charge in [0, 0.05) is 25.8 Å². The predicted octanol–water partition coefficient (Wildman–Crippen LogP) is 1.60. The van der Waals surface area contributed by atoms with Gasteiger partial charge in [0.1, 0.15) is 0 Å². The molecule has 3 aromatic heterocycles. The number of aromatic nitrogens is 6. The molecule has 0 amide bonds. The average molecular weight is 356 g/mol. The summed E-state index contributed by atoms with van der Waals surface area (Å²) in [5.74, 6) is 0.548. The fraction of sp³-hybridized carbons (Fsp3) is 0.444. The number of allylic oxidation sites excluding steroid dienone is 2. The summed E-state index contributed by atoms with van der Waals surface area (Å²) in [6, 6.07) is 0. The molecule has 0 aromatic carbocycles. The van der Waals surface area contributed by atoms with Crippen LogP contribution < -0.4 is 11.2 Å². The first kappa shape index (κ1) is 17.9. The highest BCUT2D eigenvalue weighted by molar-refractivity contribution is 5.72. The van der Waals surface area contributed by atoms with Crippen LogP contribution in [0.15, 0.2) is 21.7 Å². The van der Waals surface area contributed by atoms with E-state index < -0.39 is 0 Å². The Morgan fingerprint density at radius 2 is 1.81 bits per heavy atom. The summed E-state index contributed by atoms with van der Waals surface area (Å²) in [5.41, 5.74) is 3.04. The van der Waals surface area contributed by atoms with Gasteiger partial charge in [-0.15, -0.1) is 0 Å². The second kappa shape index (κ2) is 6.44. The first-order chi connectivity index (χ1) is 12.3. The molecule has 8 nitrogen and oxygen atoms in total. The van der Waals surface area contributed by atoms with Crippen LogP contribution in [0.1, 0.15) is 30.8 Å². The predicted molar refractivity (Wildman–Crippen MR) is 101 cm³/mol. The van der Waals surface area contributed by atoms with E-state index in [1.54, 1.807) is 17.8 Å². The first-order valence-corrected chi connectivity index (χ1v) is 8.67. The molecule has 0 unspecified atom stereocenters. The highest BCUT2D eigenvalue weighted by Gasteiger charge is 2.22. The van der Waals surface area contributed by atoms with Crippen molar-refractivity contribution in [2.75, 3.05) is 0 Å². The highest BCUT2D eigenvalue weighted by atomic mass is 16.2. The number of hydrogen-bond donors (Lipinski definition) is 0. The summed E-state index contributed by atoms with van der Waals surface area (Å²) in [6.45, 7) is 10.5. The van der Waals surface area contributed by atoms with Gasteiger partial charge in [-0.1, -0.05) is 12.2 Å². The molecule has 0 saturated heterocycles. The molecule has 26 heavy (non-hydrogen) atoms. The zero-order valence-electron chi connectivity index (χ0n) is 16.1. The van der Waals surface area contributed by atoms with Crippen molar-refractivity contribution < 1.29 is 0 Å². The minimum atomic E-state index is -0.377. The van der Waals surface area contributed by atoms with E-state index in [1.807, 2.05) is 45.3 Å². The van der Waals surface area contributed by atoms with E-state index in [1.165, 1.54) is 9.13 Å². The van der Waals surface area contributed by atoms with Crippen LogP contribution in [0.2, 0.25) is 0 Å². The fourth-order valence-electron chi connectivity index (χ4n) is 3.11. The van der Waals surface area contributed by atoms with Crippen LogP contribution in [0, 0.1) is 20.8 Å². The van der Waals surface area contributed by atoms with E-state index in [0.29, 0.717) is 23.7 Å². The maximum atomic E-state index is 13.0. The Hall–Kier alpha value is -2.90. The SMILES string of the molecule is C/C=C/Cn1c(=O)c2c(nc(-n3nc(C)c(C)c3C)n2CC)n(C)c1=O. The van der Waals surface area contributed by atoms with E-state index in [-0.39, 0.29) is 17.8 Å². The largest absolute Gasteiger partial charge is 0.332 e. The number of hydrogen-bond acceptors (Lipinski definition) is 4. The third kappa shape index (κ3) is 2.44. The fourth-order valence-corrected chi connectivity index (χ4v) is 3.11. The number of fused-ring (bicyclic) bond motifs is 1. The van der Waals surface area contributed by atoms with Crippen molar-refractivity contribution in [2.24, 2.45) is 7.05 Å². The Kier molecular flexibility index (Phi) is 4.43. The van der Waals surface area contributed by atoms with Crippen molar-refractivity contribution in [1.82, 2.24) is 28.5 Å². The molecule has 3 rings (SSSR count). The van der Waals surface area contributed by atoms with Crippen LogP contribution in [-0.4, -0.2) is 28.5 Å². The molecule has 0 saturated carbocycles. The van der Waals surface area contributed by atoms with E-state index in [9.17, 15) is 9.59 Å². The van der Waals surface area contributed by atoms with Crippen LogP contribution in [-0.2, 0) is 20.1 Å². The summed E-state index contributed by atoms with van der Waals surface area (Å²) in [4.78, 5) is 30.2. The Morgan fingerprint density at radius 1 is 1.12 bits per heavy atom. The normalized spacial score (nSPS) is 11.9. The Labute approximate surface area is 151 Å². The lowest BCUT2D eigenvalue weighted by Crippen LogP contribution is -2.39. The molecule has 0 radical (unpaired) electrons. The summed E-state index contributed by atoms with van der Waals surface area (Å²) in [6.07, 6.45) is 3.60. The number of nitrogens with zero attached hydrogens (tertiary/aromatic N) is 6. The molecule has 0 aliphatic rings. The summed E-state index contributed by atoms with van der Waals surface area (Å²) < 4.78 is 6.22. The lowest BCUT2D eigenvalue weighted by atomic mass is 10.2. The van der Waals surface area contributed by atoms with Gasteiger partial charge >= 0.3 is 5.69 Å². The Bertz CT molecular complexity index is 1140. The molecule has 0 aliphatic heterocycles. The van der Waals surface area contributed by atoms with Gasteiger partial charge in [-0.3, -0.25) is 13.9 Å². The number of aryl methyl sites for hydroxylation is 3. The number of rotatable bonds is 4. The van der Waals surface area contributed by atoms with Gasteiger partial charge in [-0.05, 0) is 40.2 Å². The monoisotopic (exact) mass is 356 g/mol. The average Bonchev–Trinajstić information content (AvgIpc) is 3.13. The molecule has 0 N–H and O–H groups in total. The quantitative estimate of drug-likeness (QED) is 0.665. The zero-order valence-corrected chi connectivity index (χ0v) is 16.1. The molecular formula is C18H24N6O2. The second-order valence-electron chi connectivity index (χ2n) is 6.36. The molecule has 8 heteroatoms. The molecule has 138 valence electrons. The topological polar surface area (TPSA) is 79.6 Å². The van der Waals surface area contributed by atoms with Crippen LogP contribution in [0.3, 0.4) is 0 Å². The van der Waals surface area contributed by atoms with Crippen LogP contribution in [0.4, 0.5) is 0 Å². The van der Waals surface area contributed by atoms with Gasteiger partial charge in [0.2, 0.25) is 5.95 Å². The van der Waals surface area contributed by atoms with Gasteiger partial charge in [0.05, 0.1) is 5.69 Å². The van der Waals surface area contributed by atoms with Crippen molar-refractivity contribution in [3.05, 3.63) is 49.9 Å². The van der Waals surface area contributed by atoms with Gasteiger partial charge in [-0.25, -0.2) is 9.48 Å². The standard InChI is InChI=1S/C18H24N6O2/c1-7-9-10-23-16(25)14-15(21(6)18(23)26)19-17(22(14)8-2)24-13(5)11(3)12(4)20-24/h7,9H,8,10H2,1-6H3/b9-7+. The molecular weight excluding hydrogens is 332 g/mol. The first-order valence-electron chi connectivity index (χ1n) is 8.67. The zero-order chi connectivity index (χ0) is 19.2. The van der Waals surface area contributed by atoms with Gasteiger partial charge in [0.25, 0.3) is 5.56 Å². The minimum Gasteiger partial charge on any atom is -0.303 e. The van der Waals surface area contributed by atoms with E-state index >= 15 is 0 Å². The third-order valence-electron chi connectivity index (χ3n) is 4.89. The minimum absolute atomic E-state index is 0.237. The van der Waals surface area contributed by atoms with Crippen LogP contribution >= 0.6 is 0 Å². The molecule has 0 aliphatic carbocycles. The number of imidazole rings is 1. The highest BCUT2D eigenvalue weighted by Crippen LogP contribution is 2.19. The molecule has 0 spiro atoms. The van der Waals surface area contributed by atoms with Gasteiger partial charge in [0.15, 0.2) is 11.2 Å². The van der Waals surface area contributed by atoms with Crippen molar-refractivity contribution in [1.29, 1.82) is 0 Å². The smallest absolute Gasteiger partial charge is 0.303 e. The molecule has 3 aromatic rings. The summed E-state index contributed by atoms with van der Waals surface area (Å²) >= 11 is 0. The molecule has 3 heterocycles.